The summed E-state index contributed by atoms with van der Waals surface area (Å²) in [6.45, 7) is 8.96. The number of fused-ring (bicyclic) bond motifs is 6. The number of benzene rings is 3. The van der Waals surface area contributed by atoms with Gasteiger partial charge in [-0.2, -0.15) is 0 Å². The number of aromatic nitrogens is 9. The molecule has 0 spiro atoms. The summed E-state index contributed by atoms with van der Waals surface area (Å²) in [5.74, 6) is 2.46. The molecule has 3 atom stereocenters. The van der Waals surface area contributed by atoms with E-state index in [0.29, 0.717) is 25.3 Å². The summed E-state index contributed by atoms with van der Waals surface area (Å²) in [4.78, 5) is 66.4. The van der Waals surface area contributed by atoms with Gasteiger partial charge in [-0.3, -0.25) is 34.4 Å². The number of rotatable bonds is 22. The summed E-state index contributed by atoms with van der Waals surface area (Å²) >= 11 is 0. The third-order valence-corrected chi connectivity index (χ3v) is 17.8. The van der Waals surface area contributed by atoms with E-state index in [1.807, 2.05) is 30.6 Å². The van der Waals surface area contributed by atoms with Crippen molar-refractivity contribution in [2.45, 2.75) is 121 Å². The summed E-state index contributed by atoms with van der Waals surface area (Å²) in [6.07, 6.45) is 16.3. The Hall–Kier alpha value is -7.65. The van der Waals surface area contributed by atoms with Gasteiger partial charge in [-0.15, -0.1) is 0 Å². The molecular weight excluding hydrogens is 1070 g/mol. The molecule has 1 amide bonds. The van der Waals surface area contributed by atoms with E-state index in [1.54, 1.807) is 13.8 Å². The molecule has 0 bridgehead atoms. The first-order valence-electron chi connectivity index (χ1n) is 30.9. The molecule has 12 rings (SSSR count). The zero-order valence-electron chi connectivity index (χ0n) is 51.7. The maximum atomic E-state index is 12.8. The topological polar surface area (TPSA) is 220 Å². The van der Waals surface area contributed by atoms with E-state index in [9.17, 15) is 4.79 Å². The molecule has 8 N–H and O–H groups in total. The molecule has 3 aromatic carbocycles. The van der Waals surface area contributed by atoms with Gasteiger partial charge in [-0.05, 0) is 222 Å². The summed E-state index contributed by atoms with van der Waals surface area (Å²) in [6, 6.07) is 23.9. The molecular formula is C67H86N18O. The summed E-state index contributed by atoms with van der Waals surface area (Å²) in [7, 11) is 15.0. The van der Waals surface area contributed by atoms with Crippen LogP contribution < -0.4 is 21.7 Å². The largest absolute Gasteiger partial charge is 0.383 e. The fourth-order valence-corrected chi connectivity index (χ4v) is 13.4. The van der Waals surface area contributed by atoms with E-state index >= 15 is 0 Å². The zero-order valence-corrected chi connectivity index (χ0v) is 51.7. The van der Waals surface area contributed by atoms with Crippen LogP contribution >= 0.6 is 0 Å². The van der Waals surface area contributed by atoms with Crippen LogP contribution in [-0.2, 0) is 43.7 Å². The summed E-state index contributed by atoms with van der Waals surface area (Å²) in [5.41, 5.74) is 25.6. The van der Waals surface area contributed by atoms with Crippen LogP contribution in [-0.4, -0.2) is 156 Å². The average molecular weight is 1160 g/mol. The minimum absolute atomic E-state index is 0.127. The number of H-pyrrole nitrogens is 3. The van der Waals surface area contributed by atoms with Crippen molar-refractivity contribution in [3.8, 4) is 22.3 Å². The lowest BCUT2D eigenvalue weighted by atomic mass is 9.85. The molecule has 9 aromatic rings. The van der Waals surface area contributed by atoms with E-state index in [4.69, 9.17) is 35.6 Å². The molecule has 3 aliphatic rings. The lowest BCUT2D eigenvalue weighted by Crippen LogP contribution is -2.45. The van der Waals surface area contributed by atoms with Crippen LogP contribution in [0.3, 0.4) is 0 Å². The fraction of sp³-hybridized carbons (Fsp3) is 0.448. The summed E-state index contributed by atoms with van der Waals surface area (Å²) < 4.78 is 0. The SMILES string of the molecule is CN(C)CCCNc1cc(-c2ccnc3c2CCCC3N(C)Cc2nc3c(NCCN(C)C)cccc3[nH]2)cc2[nH]c(CN(C)C3CCCc4c(-c5cnc6c(c5)CCCC6N(C)Cc5nc6c(NC(=O)C(C)(C)N)cccc6[nH]5)ccnc43)nc12. The Kier molecular flexibility index (Phi) is 17.1. The first kappa shape index (κ1) is 58.7. The highest BCUT2D eigenvalue weighted by Gasteiger charge is 2.32. The van der Waals surface area contributed by atoms with Gasteiger partial charge in [0.25, 0.3) is 0 Å². The van der Waals surface area contributed by atoms with Crippen LogP contribution in [0.5, 0.6) is 0 Å². The monoisotopic (exact) mass is 1160 g/mol. The number of hydrogen-bond donors (Lipinski definition) is 7. The maximum absolute atomic E-state index is 12.8. The number of carbonyl (C=O) groups excluding carboxylic acids is 1. The van der Waals surface area contributed by atoms with Gasteiger partial charge in [0.15, 0.2) is 0 Å². The highest BCUT2D eigenvalue weighted by Crippen LogP contribution is 2.43. The number of pyridine rings is 3. The standard InChI is InChI=1S/C67H86N18O/c1-67(2,68)66(86)77-51-22-14-21-50-64(51)79-58(75-50)38-83(7)54-23-10-16-41-34-43(37-73-60(41)54)45-27-30-72-62-47(45)18-12-25-56(62)85(9)40-59-76-53-36-42(35-52(65(53)80-59)69-28-15-32-81(3)4)44-26-29-71-61-46(44)17-11-24-55(61)84(8)39-57-74-49-20-13-19-48(63(49)78-57)70-31-33-82(5)6/h13-14,19-22,26-27,29-30,34-37,54-56,69-70H,10-12,15-18,23-25,28,31-33,38-40,68H2,1-9H3,(H,74,78)(H,75,79)(H,76,80)(H,77,86). The second kappa shape index (κ2) is 25.0. The van der Waals surface area contributed by atoms with Crippen molar-refractivity contribution in [1.29, 1.82) is 0 Å². The van der Waals surface area contributed by atoms with E-state index in [0.717, 1.165) is 175 Å². The van der Waals surface area contributed by atoms with Crippen molar-refractivity contribution >= 4 is 56.1 Å². The van der Waals surface area contributed by atoms with Gasteiger partial charge in [-0.1, -0.05) is 12.1 Å². The maximum Gasteiger partial charge on any atom is 0.243 e. The Morgan fingerprint density at radius 2 is 1.08 bits per heavy atom. The molecule has 0 aliphatic heterocycles. The van der Waals surface area contributed by atoms with Crippen LogP contribution in [0.15, 0.2) is 85.3 Å². The number of aromatic amines is 3. The number of likely N-dealkylation sites (N-methyl/N-ethyl adjacent to an activating group) is 1. The number of carbonyl (C=O) groups is 1. The van der Waals surface area contributed by atoms with Crippen molar-refractivity contribution in [2.75, 3.05) is 91.5 Å². The van der Waals surface area contributed by atoms with E-state index < -0.39 is 5.54 Å². The van der Waals surface area contributed by atoms with Crippen molar-refractivity contribution in [3.05, 3.63) is 137 Å². The van der Waals surface area contributed by atoms with Crippen LogP contribution in [0.4, 0.5) is 17.1 Å². The number of nitrogens with one attached hydrogen (secondary N) is 6. The van der Waals surface area contributed by atoms with Crippen LogP contribution in [0.2, 0.25) is 0 Å². The van der Waals surface area contributed by atoms with Gasteiger partial charge in [0.2, 0.25) is 5.91 Å². The Labute approximate surface area is 505 Å². The normalized spacial score (nSPS) is 17.1. The third-order valence-electron chi connectivity index (χ3n) is 17.8. The number of aryl methyl sites for hydroxylation is 1. The highest BCUT2D eigenvalue weighted by molar-refractivity contribution is 6.03. The molecule has 0 saturated heterocycles. The highest BCUT2D eigenvalue weighted by atomic mass is 16.2. The van der Waals surface area contributed by atoms with E-state index in [2.05, 4.69) is 159 Å². The molecule has 0 fully saturated rings. The number of imidazole rings is 3. The van der Waals surface area contributed by atoms with Crippen LogP contribution in [0.25, 0.3) is 55.4 Å². The number of amides is 1. The minimum atomic E-state index is -1.01. The zero-order chi connectivity index (χ0) is 59.8. The molecule has 3 aliphatic carbocycles. The first-order chi connectivity index (χ1) is 41.5. The quantitative estimate of drug-likeness (QED) is 0.0314. The Morgan fingerprint density at radius 1 is 0.570 bits per heavy atom. The molecule has 86 heavy (non-hydrogen) atoms. The average Bonchev–Trinajstić information content (AvgIpc) is 1.75. The Balaban J connectivity index is 0.765. The molecule has 6 aromatic heterocycles. The summed E-state index contributed by atoms with van der Waals surface area (Å²) in [5, 5.41) is 10.4. The number of nitrogens with zero attached hydrogens (tertiary/aromatic N) is 11. The molecule has 19 nitrogen and oxygen atoms in total. The van der Waals surface area contributed by atoms with Crippen LogP contribution in [0, 0.1) is 0 Å². The number of nitrogens with two attached hydrogens (primary N) is 1. The van der Waals surface area contributed by atoms with Crippen molar-refractivity contribution in [2.24, 2.45) is 5.73 Å². The van der Waals surface area contributed by atoms with Gasteiger partial charge in [-0.25, -0.2) is 15.0 Å². The second-order valence-electron chi connectivity index (χ2n) is 25.5. The molecule has 0 radical (unpaired) electrons. The van der Waals surface area contributed by atoms with E-state index in [1.165, 1.54) is 33.4 Å². The third kappa shape index (κ3) is 12.5. The number of anilines is 3. The number of hydrogen-bond acceptors (Lipinski definition) is 15. The van der Waals surface area contributed by atoms with Crippen molar-refractivity contribution in [3.63, 3.8) is 0 Å². The Morgan fingerprint density at radius 3 is 1.66 bits per heavy atom. The van der Waals surface area contributed by atoms with E-state index in [-0.39, 0.29) is 24.0 Å². The molecule has 450 valence electrons. The lowest BCUT2D eigenvalue weighted by molar-refractivity contribution is -0.120. The van der Waals surface area contributed by atoms with Gasteiger partial charge >= 0.3 is 0 Å². The Bertz CT molecular complexity index is 3890. The molecule has 19 heteroatoms. The first-order valence-corrected chi connectivity index (χ1v) is 30.9. The predicted molar refractivity (Wildman–Crippen MR) is 346 cm³/mol. The van der Waals surface area contributed by atoms with Gasteiger partial charge < -0.3 is 46.4 Å². The predicted octanol–water partition coefficient (Wildman–Crippen LogP) is 10.4. The van der Waals surface area contributed by atoms with Crippen molar-refractivity contribution in [1.82, 2.24) is 69.4 Å². The molecule has 0 saturated carbocycles. The van der Waals surface area contributed by atoms with Gasteiger partial charge in [0.05, 0.1) is 94.0 Å². The van der Waals surface area contributed by atoms with Crippen molar-refractivity contribution < 1.29 is 4.79 Å². The molecule has 6 heterocycles. The van der Waals surface area contributed by atoms with Gasteiger partial charge in [0.1, 0.15) is 34.0 Å². The second-order valence-corrected chi connectivity index (χ2v) is 25.5. The lowest BCUT2D eigenvalue weighted by Gasteiger charge is -2.33. The minimum Gasteiger partial charge on any atom is -0.383 e. The fourth-order valence-electron chi connectivity index (χ4n) is 13.4. The number of para-hydroxylation sites is 2. The van der Waals surface area contributed by atoms with Crippen LogP contribution in [0.1, 0.15) is 128 Å². The van der Waals surface area contributed by atoms with Gasteiger partial charge in [0, 0.05) is 43.8 Å². The smallest absolute Gasteiger partial charge is 0.243 e. The molecule has 3 unspecified atom stereocenters.